The molecule has 0 radical (unpaired) electrons. The lowest BCUT2D eigenvalue weighted by Gasteiger charge is -2.32. The lowest BCUT2D eigenvalue weighted by molar-refractivity contribution is -0.115. The molecule has 190 valence electrons. The first-order valence-electron chi connectivity index (χ1n) is 12.3. The predicted octanol–water partition coefficient (Wildman–Crippen LogP) is 3.68. The van der Waals surface area contributed by atoms with Gasteiger partial charge in [0.15, 0.2) is 0 Å². The average molecular weight is 491 g/mol. The number of hydrogen-bond acceptors (Lipinski definition) is 8. The molecule has 4 rings (SSSR count). The molecule has 2 aromatic carbocycles. The van der Waals surface area contributed by atoms with Crippen LogP contribution >= 0.6 is 0 Å². The molecule has 1 aliphatic rings. The third-order valence-corrected chi connectivity index (χ3v) is 5.83. The average Bonchev–Trinajstić information content (AvgIpc) is 2.89. The highest BCUT2D eigenvalue weighted by Gasteiger charge is 2.19. The Morgan fingerprint density at radius 3 is 2.56 bits per heavy atom. The van der Waals surface area contributed by atoms with Crippen LogP contribution in [-0.2, 0) is 4.79 Å². The first-order chi connectivity index (χ1) is 17.6. The van der Waals surface area contributed by atoms with Crippen molar-refractivity contribution >= 4 is 28.4 Å². The molecule has 9 nitrogen and oxygen atoms in total. The molecule has 36 heavy (non-hydrogen) atoms. The Morgan fingerprint density at radius 2 is 1.83 bits per heavy atom. The molecule has 1 fully saturated rings. The van der Waals surface area contributed by atoms with Crippen LogP contribution in [0.15, 0.2) is 55.1 Å². The number of carbonyl (C=O) groups is 1. The third kappa shape index (κ3) is 6.71. The Bertz CT molecular complexity index is 1180. The number of carbonyl (C=O) groups excluding carboxylic acids is 1. The number of anilines is 2. The zero-order valence-corrected chi connectivity index (χ0v) is 21.0. The van der Waals surface area contributed by atoms with Gasteiger partial charge in [-0.15, -0.1) is 0 Å². The summed E-state index contributed by atoms with van der Waals surface area (Å²) in [5.41, 5.74) is 1.51. The smallest absolute Gasteiger partial charge is 0.238 e. The minimum Gasteiger partial charge on any atom is -0.473 e. The summed E-state index contributed by atoms with van der Waals surface area (Å²) in [6.07, 6.45) is 2.68. The van der Waals surface area contributed by atoms with Gasteiger partial charge in [-0.1, -0.05) is 19.6 Å². The SMILES string of the molecule is C=CCOc1nc(N2CCN(C)CC2)nc2ccc(Oc3ccc(NC(=O)CNCCC)cc3)cc12. The van der Waals surface area contributed by atoms with E-state index in [-0.39, 0.29) is 12.5 Å². The number of hydrogen-bond donors (Lipinski definition) is 2. The Balaban J connectivity index is 1.49. The zero-order chi connectivity index (χ0) is 25.3. The monoisotopic (exact) mass is 490 g/mol. The van der Waals surface area contributed by atoms with Crippen molar-refractivity contribution in [1.82, 2.24) is 20.2 Å². The van der Waals surface area contributed by atoms with E-state index in [0.717, 1.165) is 50.0 Å². The first-order valence-corrected chi connectivity index (χ1v) is 12.3. The van der Waals surface area contributed by atoms with Crippen molar-refractivity contribution in [3.05, 3.63) is 55.1 Å². The van der Waals surface area contributed by atoms with Gasteiger partial charge in [0.2, 0.25) is 17.7 Å². The topological polar surface area (TPSA) is 91.8 Å². The van der Waals surface area contributed by atoms with Crippen LogP contribution in [0.1, 0.15) is 13.3 Å². The van der Waals surface area contributed by atoms with Gasteiger partial charge < -0.3 is 29.9 Å². The van der Waals surface area contributed by atoms with Gasteiger partial charge in [0.1, 0.15) is 18.1 Å². The molecular weight excluding hydrogens is 456 g/mol. The molecule has 2 heterocycles. The second-order valence-electron chi connectivity index (χ2n) is 8.75. The van der Waals surface area contributed by atoms with Gasteiger partial charge in [-0.3, -0.25) is 4.79 Å². The van der Waals surface area contributed by atoms with Crippen LogP contribution in [0.3, 0.4) is 0 Å². The number of likely N-dealkylation sites (N-methyl/N-ethyl adjacent to an activating group) is 1. The normalized spacial score (nSPS) is 14.0. The minimum absolute atomic E-state index is 0.0744. The molecule has 1 aromatic heterocycles. The third-order valence-electron chi connectivity index (χ3n) is 5.83. The summed E-state index contributed by atoms with van der Waals surface area (Å²) >= 11 is 0. The molecule has 0 unspecified atom stereocenters. The molecule has 0 atom stereocenters. The summed E-state index contributed by atoms with van der Waals surface area (Å²) in [6.45, 7) is 10.9. The fraction of sp³-hybridized carbons (Fsp3) is 0.370. The molecule has 1 amide bonds. The molecular formula is C27H34N6O3. The molecule has 0 bridgehead atoms. The first kappa shape index (κ1) is 25.4. The van der Waals surface area contributed by atoms with E-state index in [2.05, 4.69) is 41.0 Å². The number of fused-ring (bicyclic) bond motifs is 1. The molecule has 1 aliphatic heterocycles. The summed E-state index contributed by atoms with van der Waals surface area (Å²) in [4.78, 5) is 26.0. The van der Waals surface area contributed by atoms with E-state index < -0.39 is 0 Å². The van der Waals surface area contributed by atoms with Gasteiger partial charge in [-0.2, -0.15) is 4.98 Å². The van der Waals surface area contributed by atoms with E-state index in [1.807, 2.05) is 42.5 Å². The Hall–Kier alpha value is -3.69. The molecule has 3 aromatic rings. The van der Waals surface area contributed by atoms with Gasteiger partial charge in [-0.05, 0) is 62.5 Å². The summed E-state index contributed by atoms with van der Waals surface area (Å²) < 4.78 is 12.0. The van der Waals surface area contributed by atoms with Crippen molar-refractivity contribution in [2.45, 2.75) is 13.3 Å². The van der Waals surface area contributed by atoms with Crippen LogP contribution < -0.4 is 25.0 Å². The standard InChI is InChI=1S/C27H34N6O3/c1-4-12-28-19-25(34)29-20-6-8-21(9-7-20)36-22-10-11-24-23(18-22)26(35-17-5-2)31-27(30-24)33-15-13-32(3)14-16-33/h5-11,18,28H,2,4,12-17,19H2,1,3H3,(H,29,34). The number of benzene rings is 2. The van der Waals surface area contributed by atoms with Gasteiger partial charge >= 0.3 is 0 Å². The number of piperazine rings is 1. The Morgan fingerprint density at radius 1 is 1.08 bits per heavy atom. The van der Waals surface area contributed by atoms with E-state index in [9.17, 15) is 4.79 Å². The minimum atomic E-state index is -0.0744. The van der Waals surface area contributed by atoms with E-state index >= 15 is 0 Å². The maximum Gasteiger partial charge on any atom is 0.238 e. The van der Waals surface area contributed by atoms with Crippen LogP contribution in [0.25, 0.3) is 10.9 Å². The molecule has 2 N–H and O–H groups in total. The fourth-order valence-corrected chi connectivity index (χ4v) is 3.85. The van der Waals surface area contributed by atoms with E-state index in [4.69, 9.17) is 19.4 Å². The highest BCUT2D eigenvalue weighted by Crippen LogP contribution is 2.31. The molecule has 1 saturated heterocycles. The van der Waals surface area contributed by atoms with Crippen molar-refractivity contribution in [1.29, 1.82) is 0 Å². The molecule has 0 saturated carbocycles. The van der Waals surface area contributed by atoms with Crippen LogP contribution in [0, 0.1) is 0 Å². The van der Waals surface area contributed by atoms with Crippen molar-refractivity contribution < 1.29 is 14.3 Å². The Labute approximate surface area is 212 Å². The molecule has 0 aliphatic carbocycles. The summed E-state index contributed by atoms with van der Waals surface area (Å²) in [5.74, 6) is 2.40. The fourth-order valence-electron chi connectivity index (χ4n) is 3.85. The largest absolute Gasteiger partial charge is 0.473 e. The lowest BCUT2D eigenvalue weighted by atomic mass is 10.2. The highest BCUT2D eigenvalue weighted by atomic mass is 16.5. The quantitative estimate of drug-likeness (QED) is 0.311. The lowest BCUT2D eigenvalue weighted by Crippen LogP contribution is -2.45. The second-order valence-corrected chi connectivity index (χ2v) is 8.75. The van der Waals surface area contributed by atoms with Crippen molar-refractivity contribution in [2.75, 3.05) is 63.1 Å². The van der Waals surface area contributed by atoms with Gasteiger partial charge in [0, 0.05) is 31.9 Å². The Kier molecular flexibility index (Phi) is 8.70. The summed E-state index contributed by atoms with van der Waals surface area (Å²) in [6, 6.07) is 13.0. The number of ether oxygens (including phenoxy) is 2. The molecule has 0 spiro atoms. The van der Waals surface area contributed by atoms with Crippen molar-refractivity contribution in [3.63, 3.8) is 0 Å². The van der Waals surface area contributed by atoms with Gasteiger partial charge in [-0.25, -0.2) is 4.98 Å². The number of rotatable bonds is 11. The maximum atomic E-state index is 12.0. The van der Waals surface area contributed by atoms with Gasteiger partial charge in [0.05, 0.1) is 17.4 Å². The van der Waals surface area contributed by atoms with E-state index in [0.29, 0.717) is 35.6 Å². The predicted molar refractivity (Wildman–Crippen MR) is 143 cm³/mol. The van der Waals surface area contributed by atoms with Crippen LogP contribution in [0.5, 0.6) is 17.4 Å². The number of nitrogens with zero attached hydrogens (tertiary/aromatic N) is 4. The highest BCUT2D eigenvalue weighted by molar-refractivity contribution is 5.92. The van der Waals surface area contributed by atoms with Crippen LogP contribution in [0.4, 0.5) is 11.6 Å². The van der Waals surface area contributed by atoms with Crippen molar-refractivity contribution in [3.8, 4) is 17.4 Å². The zero-order valence-electron chi connectivity index (χ0n) is 21.0. The maximum absolute atomic E-state index is 12.0. The van der Waals surface area contributed by atoms with Crippen LogP contribution in [0.2, 0.25) is 0 Å². The summed E-state index contributed by atoms with van der Waals surface area (Å²) in [7, 11) is 2.12. The van der Waals surface area contributed by atoms with Crippen molar-refractivity contribution in [2.24, 2.45) is 0 Å². The second kappa shape index (κ2) is 12.3. The number of amides is 1. The number of aromatic nitrogens is 2. The van der Waals surface area contributed by atoms with Crippen LogP contribution in [-0.4, -0.2) is 73.7 Å². The number of nitrogens with one attached hydrogen (secondary N) is 2. The molecule has 9 heteroatoms. The van der Waals surface area contributed by atoms with E-state index in [1.165, 1.54) is 0 Å². The van der Waals surface area contributed by atoms with E-state index in [1.54, 1.807) is 6.08 Å². The van der Waals surface area contributed by atoms with Gasteiger partial charge in [0.25, 0.3) is 0 Å². The summed E-state index contributed by atoms with van der Waals surface area (Å²) in [5, 5.41) is 6.73.